The number of nitrogens with zero attached hydrogens (tertiary/aromatic N) is 1. The van der Waals surface area contributed by atoms with E-state index in [0.717, 1.165) is 12.2 Å². The molecule has 0 aliphatic rings. The molecule has 0 atom stereocenters. The van der Waals surface area contributed by atoms with E-state index in [9.17, 15) is 4.79 Å². The van der Waals surface area contributed by atoms with Crippen LogP contribution in [0.15, 0.2) is 54.6 Å². The zero-order valence-corrected chi connectivity index (χ0v) is 10.3. The van der Waals surface area contributed by atoms with Crippen LogP contribution in [0.3, 0.4) is 0 Å². The van der Waals surface area contributed by atoms with Crippen LogP contribution in [-0.2, 0) is 11.3 Å². The van der Waals surface area contributed by atoms with Crippen LogP contribution in [0.25, 0.3) is 0 Å². The van der Waals surface area contributed by atoms with E-state index in [1.165, 1.54) is 11.3 Å². The molecule has 1 amide bonds. The maximum Gasteiger partial charge on any atom is 0.211 e. The Morgan fingerprint density at radius 3 is 2.33 bits per heavy atom. The summed E-state index contributed by atoms with van der Waals surface area (Å²) in [4.78, 5) is 12.5. The van der Waals surface area contributed by atoms with Crippen molar-refractivity contribution in [1.29, 1.82) is 0 Å². The lowest BCUT2D eigenvalue weighted by Gasteiger charge is -2.19. The maximum atomic E-state index is 10.3. The Kier molecular flexibility index (Phi) is 3.97. The Hall–Kier alpha value is -2.29. The summed E-state index contributed by atoms with van der Waals surface area (Å²) in [6, 6.07) is 18.1. The molecule has 2 aromatic rings. The van der Waals surface area contributed by atoms with Crippen molar-refractivity contribution in [3.8, 4) is 0 Å². The number of para-hydroxylation sites is 1. The van der Waals surface area contributed by atoms with Gasteiger partial charge >= 0.3 is 0 Å². The van der Waals surface area contributed by atoms with Gasteiger partial charge in [-0.25, -0.2) is 0 Å². The minimum atomic E-state index is 0.686. The summed E-state index contributed by atoms with van der Waals surface area (Å²) in [5, 5.41) is 2.63. The van der Waals surface area contributed by atoms with Crippen LogP contribution in [0.1, 0.15) is 5.56 Å². The van der Waals surface area contributed by atoms with E-state index in [4.69, 9.17) is 0 Å². The molecule has 3 heteroatoms. The Balaban J connectivity index is 2.03. The molecule has 0 fully saturated rings. The number of benzene rings is 2. The molecular formula is C15H16N2O. The minimum absolute atomic E-state index is 0.686. The second kappa shape index (κ2) is 5.87. The van der Waals surface area contributed by atoms with E-state index >= 15 is 0 Å². The van der Waals surface area contributed by atoms with Crippen LogP contribution in [0, 0.1) is 0 Å². The van der Waals surface area contributed by atoms with E-state index in [-0.39, 0.29) is 0 Å². The number of carbonyl (C=O) groups is 1. The van der Waals surface area contributed by atoms with Crippen molar-refractivity contribution >= 4 is 17.8 Å². The number of hydrogen-bond acceptors (Lipinski definition) is 2. The predicted octanol–water partition coefficient (Wildman–Crippen LogP) is 2.89. The first-order valence-corrected chi connectivity index (χ1v) is 5.85. The fourth-order valence-electron chi connectivity index (χ4n) is 1.82. The summed E-state index contributed by atoms with van der Waals surface area (Å²) in [5.41, 5.74) is 3.21. The first kappa shape index (κ1) is 12.2. The van der Waals surface area contributed by atoms with Gasteiger partial charge < -0.3 is 10.2 Å². The van der Waals surface area contributed by atoms with Crippen molar-refractivity contribution in [3.05, 3.63) is 60.2 Å². The molecule has 0 radical (unpaired) electrons. The molecule has 0 saturated heterocycles. The quantitative estimate of drug-likeness (QED) is 0.815. The van der Waals surface area contributed by atoms with Crippen molar-refractivity contribution in [1.82, 2.24) is 0 Å². The van der Waals surface area contributed by atoms with Gasteiger partial charge in [0, 0.05) is 25.0 Å². The predicted molar refractivity (Wildman–Crippen MR) is 74.7 cm³/mol. The number of anilines is 2. The summed E-state index contributed by atoms with van der Waals surface area (Å²) in [5.74, 6) is 0. The Morgan fingerprint density at radius 2 is 1.72 bits per heavy atom. The van der Waals surface area contributed by atoms with Crippen LogP contribution in [-0.4, -0.2) is 13.5 Å². The zero-order chi connectivity index (χ0) is 12.8. The third-order valence-corrected chi connectivity index (χ3v) is 2.80. The van der Waals surface area contributed by atoms with Gasteiger partial charge in [0.25, 0.3) is 0 Å². The summed E-state index contributed by atoms with van der Waals surface area (Å²) in [6.07, 6.45) is 0.686. The highest BCUT2D eigenvalue weighted by molar-refractivity contribution is 5.71. The summed E-state index contributed by atoms with van der Waals surface area (Å²) in [7, 11) is 2.06. The van der Waals surface area contributed by atoms with Gasteiger partial charge in [-0.15, -0.1) is 0 Å². The van der Waals surface area contributed by atoms with Gasteiger partial charge in [-0.05, 0) is 29.8 Å². The smallest absolute Gasteiger partial charge is 0.211 e. The molecule has 0 saturated carbocycles. The fraction of sp³-hybridized carbons (Fsp3) is 0.133. The molecule has 2 rings (SSSR count). The minimum Gasteiger partial charge on any atom is -0.370 e. The van der Waals surface area contributed by atoms with E-state index in [2.05, 4.69) is 29.4 Å². The number of rotatable bonds is 5. The molecule has 0 unspecified atom stereocenters. The lowest BCUT2D eigenvalue weighted by atomic mass is 10.2. The van der Waals surface area contributed by atoms with E-state index in [1.54, 1.807) is 0 Å². The molecule has 0 aromatic heterocycles. The second-order valence-electron chi connectivity index (χ2n) is 4.15. The summed E-state index contributed by atoms with van der Waals surface area (Å²) in [6.45, 7) is 0.839. The topological polar surface area (TPSA) is 32.3 Å². The summed E-state index contributed by atoms with van der Waals surface area (Å²) < 4.78 is 0. The molecular weight excluding hydrogens is 224 g/mol. The van der Waals surface area contributed by atoms with Gasteiger partial charge in [0.2, 0.25) is 6.41 Å². The van der Waals surface area contributed by atoms with E-state index in [1.807, 2.05) is 42.5 Å². The lowest BCUT2D eigenvalue weighted by Crippen LogP contribution is -2.16. The van der Waals surface area contributed by atoms with Crippen LogP contribution in [0.5, 0.6) is 0 Å². The summed E-state index contributed by atoms with van der Waals surface area (Å²) >= 11 is 0. The third-order valence-electron chi connectivity index (χ3n) is 2.80. The Morgan fingerprint density at radius 1 is 1.06 bits per heavy atom. The molecule has 18 heavy (non-hydrogen) atoms. The molecule has 0 spiro atoms. The van der Waals surface area contributed by atoms with Crippen molar-refractivity contribution in [2.45, 2.75) is 6.54 Å². The fourth-order valence-corrected chi connectivity index (χ4v) is 1.82. The third kappa shape index (κ3) is 3.10. The van der Waals surface area contributed by atoms with Gasteiger partial charge in [-0.1, -0.05) is 30.3 Å². The number of amides is 1. The van der Waals surface area contributed by atoms with Gasteiger partial charge in [0.05, 0.1) is 0 Å². The standard InChI is InChI=1S/C15H16N2O/c1-17(15-5-3-2-4-6-15)11-13-7-9-14(10-8-13)16-12-18/h2-10,12H,11H2,1H3,(H,16,18). The molecule has 3 nitrogen and oxygen atoms in total. The molecule has 2 aromatic carbocycles. The normalized spacial score (nSPS) is 9.83. The van der Waals surface area contributed by atoms with Gasteiger partial charge in [0.15, 0.2) is 0 Å². The Labute approximate surface area is 107 Å². The van der Waals surface area contributed by atoms with Gasteiger partial charge in [-0.2, -0.15) is 0 Å². The second-order valence-corrected chi connectivity index (χ2v) is 4.15. The molecule has 1 N–H and O–H groups in total. The first-order chi connectivity index (χ1) is 8.79. The van der Waals surface area contributed by atoms with Crippen molar-refractivity contribution in [3.63, 3.8) is 0 Å². The van der Waals surface area contributed by atoms with Crippen molar-refractivity contribution < 1.29 is 4.79 Å². The van der Waals surface area contributed by atoms with Crippen molar-refractivity contribution in [2.24, 2.45) is 0 Å². The number of carbonyl (C=O) groups excluding carboxylic acids is 1. The largest absolute Gasteiger partial charge is 0.370 e. The molecule has 0 heterocycles. The molecule has 0 aliphatic heterocycles. The highest BCUT2D eigenvalue weighted by atomic mass is 16.1. The van der Waals surface area contributed by atoms with Crippen LogP contribution < -0.4 is 10.2 Å². The average molecular weight is 240 g/mol. The molecule has 92 valence electrons. The first-order valence-electron chi connectivity index (χ1n) is 5.85. The average Bonchev–Trinajstić information content (AvgIpc) is 2.42. The van der Waals surface area contributed by atoms with E-state index < -0.39 is 0 Å². The lowest BCUT2D eigenvalue weighted by molar-refractivity contribution is -0.105. The van der Waals surface area contributed by atoms with Crippen LogP contribution >= 0.6 is 0 Å². The van der Waals surface area contributed by atoms with Crippen LogP contribution in [0.4, 0.5) is 11.4 Å². The number of nitrogens with one attached hydrogen (secondary N) is 1. The number of hydrogen-bond donors (Lipinski definition) is 1. The SMILES string of the molecule is CN(Cc1ccc(NC=O)cc1)c1ccccc1. The van der Waals surface area contributed by atoms with Crippen LogP contribution in [0.2, 0.25) is 0 Å². The van der Waals surface area contributed by atoms with Gasteiger partial charge in [-0.3, -0.25) is 4.79 Å². The van der Waals surface area contributed by atoms with E-state index in [0.29, 0.717) is 6.41 Å². The maximum absolute atomic E-state index is 10.3. The Bertz CT molecular complexity index is 494. The monoisotopic (exact) mass is 240 g/mol. The van der Waals surface area contributed by atoms with Crippen molar-refractivity contribution in [2.75, 3.05) is 17.3 Å². The highest BCUT2D eigenvalue weighted by Gasteiger charge is 2.01. The molecule has 0 bridgehead atoms. The highest BCUT2D eigenvalue weighted by Crippen LogP contribution is 2.16. The zero-order valence-electron chi connectivity index (χ0n) is 10.3. The molecule has 0 aliphatic carbocycles. The van der Waals surface area contributed by atoms with Gasteiger partial charge in [0.1, 0.15) is 0 Å².